The van der Waals surface area contributed by atoms with Gasteiger partial charge in [0, 0.05) is 13.5 Å². The third kappa shape index (κ3) is 1.96. The van der Waals surface area contributed by atoms with Crippen LogP contribution in [-0.2, 0) is 9.47 Å². The molecule has 78 valence electrons. The van der Waals surface area contributed by atoms with Gasteiger partial charge in [-0.05, 0) is 0 Å². The van der Waals surface area contributed by atoms with E-state index >= 15 is 0 Å². The van der Waals surface area contributed by atoms with Crippen LogP contribution in [0.25, 0.3) is 0 Å². The van der Waals surface area contributed by atoms with E-state index < -0.39 is 31.0 Å². The standard InChI is InChI=1S/C7H12F2O4/c1-12-6-2-4(11)7(8,9)5(3-10)13-6/h4-6,10-11H,2-3H2,1H3/t4-,5-,6+/m1/s1. The highest BCUT2D eigenvalue weighted by Crippen LogP contribution is 2.34. The molecular weight excluding hydrogens is 186 g/mol. The smallest absolute Gasteiger partial charge is 0.301 e. The van der Waals surface area contributed by atoms with Crippen molar-refractivity contribution >= 4 is 0 Å². The Balaban J connectivity index is 2.69. The van der Waals surface area contributed by atoms with E-state index in [-0.39, 0.29) is 6.42 Å². The molecule has 0 radical (unpaired) electrons. The Kier molecular flexibility index (Phi) is 3.18. The minimum atomic E-state index is -3.41. The summed E-state index contributed by atoms with van der Waals surface area (Å²) < 4.78 is 35.3. The van der Waals surface area contributed by atoms with Gasteiger partial charge < -0.3 is 19.7 Å². The Morgan fingerprint density at radius 2 is 2.23 bits per heavy atom. The molecule has 0 saturated carbocycles. The van der Waals surface area contributed by atoms with Gasteiger partial charge in [0.25, 0.3) is 0 Å². The minimum Gasteiger partial charge on any atom is -0.393 e. The van der Waals surface area contributed by atoms with Crippen molar-refractivity contribution in [2.24, 2.45) is 0 Å². The van der Waals surface area contributed by atoms with E-state index in [4.69, 9.17) is 10.2 Å². The summed E-state index contributed by atoms with van der Waals surface area (Å²) in [7, 11) is 1.29. The Hall–Kier alpha value is -0.300. The van der Waals surface area contributed by atoms with Crippen LogP contribution in [0.1, 0.15) is 6.42 Å². The summed E-state index contributed by atoms with van der Waals surface area (Å²) in [5.41, 5.74) is 0. The van der Waals surface area contributed by atoms with Crippen molar-refractivity contribution < 1.29 is 28.5 Å². The molecule has 1 aliphatic rings. The molecule has 1 saturated heterocycles. The lowest BCUT2D eigenvalue weighted by molar-refractivity contribution is -0.302. The summed E-state index contributed by atoms with van der Waals surface area (Å²) in [6.07, 6.45) is -4.70. The molecule has 1 heterocycles. The maximum Gasteiger partial charge on any atom is 0.301 e. The summed E-state index contributed by atoms with van der Waals surface area (Å²) in [5.74, 6) is -3.41. The van der Waals surface area contributed by atoms with Crippen molar-refractivity contribution in [3.8, 4) is 0 Å². The molecule has 2 N–H and O–H groups in total. The minimum absolute atomic E-state index is 0.292. The van der Waals surface area contributed by atoms with Crippen LogP contribution in [0.5, 0.6) is 0 Å². The van der Waals surface area contributed by atoms with Gasteiger partial charge in [-0.2, -0.15) is 0 Å². The predicted molar refractivity (Wildman–Crippen MR) is 38.3 cm³/mol. The third-order valence-corrected chi connectivity index (χ3v) is 2.03. The average Bonchev–Trinajstić information content (AvgIpc) is 2.09. The van der Waals surface area contributed by atoms with Crippen molar-refractivity contribution in [2.75, 3.05) is 13.7 Å². The first-order chi connectivity index (χ1) is 6.02. The van der Waals surface area contributed by atoms with E-state index in [9.17, 15) is 8.78 Å². The molecular formula is C7H12F2O4. The van der Waals surface area contributed by atoms with Gasteiger partial charge in [0.2, 0.25) is 0 Å². The molecule has 0 spiro atoms. The first-order valence-electron chi connectivity index (χ1n) is 3.87. The molecule has 0 aromatic carbocycles. The molecule has 1 aliphatic heterocycles. The highest BCUT2D eigenvalue weighted by molar-refractivity contribution is 4.89. The molecule has 1 fully saturated rings. The summed E-state index contributed by atoms with van der Waals surface area (Å²) in [6, 6.07) is 0. The monoisotopic (exact) mass is 198 g/mol. The van der Waals surface area contributed by atoms with Crippen LogP contribution in [0.15, 0.2) is 0 Å². The van der Waals surface area contributed by atoms with Crippen LogP contribution in [0.4, 0.5) is 8.78 Å². The van der Waals surface area contributed by atoms with Crippen LogP contribution in [0.2, 0.25) is 0 Å². The number of hydrogen-bond donors (Lipinski definition) is 2. The molecule has 3 atom stereocenters. The highest BCUT2D eigenvalue weighted by Gasteiger charge is 2.52. The van der Waals surface area contributed by atoms with E-state index in [1.807, 2.05) is 0 Å². The SMILES string of the molecule is CO[C@@H]1C[C@@H](O)C(F)(F)[C@@H](CO)O1. The van der Waals surface area contributed by atoms with Gasteiger partial charge in [-0.25, -0.2) is 8.78 Å². The topological polar surface area (TPSA) is 58.9 Å². The van der Waals surface area contributed by atoms with Crippen molar-refractivity contribution in [1.29, 1.82) is 0 Å². The zero-order chi connectivity index (χ0) is 10.1. The van der Waals surface area contributed by atoms with Crippen LogP contribution in [-0.4, -0.2) is 48.4 Å². The Labute approximate surface area is 74.1 Å². The quantitative estimate of drug-likeness (QED) is 0.641. The van der Waals surface area contributed by atoms with Gasteiger partial charge in [0.1, 0.15) is 12.2 Å². The van der Waals surface area contributed by atoms with Crippen molar-refractivity contribution in [2.45, 2.75) is 30.8 Å². The first-order valence-corrected chi connectivity index (χ1v) is 3.87. The van der Waals surface area contributed by atoms with Gasteiger partial charge in [0.15, 0.2) is 6.29 Å². The third-order valence-electron chi connectivity index (χ3n) is 2.03. The number of halogens is 2. The van der Waals surface area contributed by atoms with E-state index in [1.165, 1.54) is 7.11 Å². The molecule has 0 amide bonds. The largest absolute Gasteiger partial charge is 0.393 e. The lowest BCUT2D eigenvalue weighted by atomic mass is 10.0. The van der Waals surface area contributed by atoms with Gasteiger partial charge >= 0.3 is 5.92 Å². The average molecular weight is 198 g/mol. The molecule has 0 unspecified atom stereocenters. The van der Waals surface area contributed by atoms with Gasteiger partial charge in [-0.3, -0.25) is 0 Å². The second kappa shape index (κ2) is 3.83. The Morgan fingerprint density at radius 1 is 1.62 bits per heavy atom. The van der Waals surface area contributed by atoms with Gasteiger partial charge in [0.05, 0.1) is 6.61 Å². The van der Waals surface area contributed by atoms with E-state index in [1.54, 1.807) is 0 Å². The van der Waals surface area contributed by atoms with Crippen molar-refractivity contribution in [3.05, 3.63) is 0 Å². The second-order valence-electron chi connectivity index (χ2n) is 2.90. The number of methoxy groups -OCH3 is 1. The highest BCUT2D eigenvalue weighted by atomic mass is 19.3. The Bertz CT molecular complexity index is 176. The number of aliphatic hydroxyl groups excluding tert-OH is 2. The zero-order valence-electron chi connectivity index (χ0n) is 7.11. The lowest BCUT2D eigenvalue weighted by Gasteiger charge is -2.37. The molecule has 0 aliphatic carbocycles. The molecule has 6 heteroatoms. The number of hydrogen-bond acceptors (Lipinski definition) is 4. The van der Waals surface area contributed by atoms with Crippen LogP contribution in [0.3, 0.4) is 0 Å². The van der Waals surface area contributed by atoms with Crippen LogP contribution in [0, 0.1) is 0 Å². The second-order valence-corrected chi connectivity index (χ2v) is 2.90. The van der Waals surface area contributed by atoms with Crippen LogP contribution >= 0.6 is 0 Å². The zero-order valence-corrected chi connectivity index (χ0v) is 7.11. The van der Waals surface area contributed by atoms with Gasteiger partial charge in [-0.1, -0.05) is 0 Å². The summed E-state index contributed by atoms with van der Waals surface area (Å²) >= 11 is 0. The summed E-state index contributed by atoms with van der Waals surface area (Å²) in [4.78, 5) is 0. The predicted octanol–water partition coefficient (Wildman–Crippen LogP) is -0.264. The molecule has 1 rings (SSSR count). The fourth-order valence-corrected chi connectivity index (χ4v) is 1.20. The normalized spacial score (nSPS) is 39.0. The lowest BCUT2D eigenvalue weighted by Crippen LogP contribution is -2.55. The summed E-state index contributed by atoms with van der Waals surface area (Å²) in [5, 5.41) is 17.6. The maximum atomic E-state index is 13.0. The fourth-order valence-electron chi connectivity index (χ4n) is 1.20. The number of ether oxygens (including phenoxy) is 2. The fraction of sp³-hybridized carbons (Fsp3) is 1.00. The first kappa shape index (κ1) is 10.8. The van der Waals surface area contributed by atoms with Crippen molar-refractivity contribution in [3.63, 3.8) is 0 Å². The maximum absolute atomic E-state index is 13.0. The number of alkyl halides is 2. The molecule has 13 heavy (non-hydrogen) atoms. The molecule has 4 nitrogen and oxygen atoms in total. The number of rotatable bonds is 2. The van der Waals surface area contributed by atoms with E-state index in [2.05, 4.69) is 9.47 Å². The van der Waals surface area contributed by atoms with Crippen LogP contribution < -0.4 is 0 Å². The molecule has 0 aromatic heterocycles. The van der Waals surface area contributed by atoms with E-state index in [0.29, 0.717) is 0 Å². The Morgan fingerprint density at radius 3 is 2.69 bits per heavy atom. The van der Waals surface area contributed by atoms with Gasteiger partial charge in [-0.15, -0.1) is 0 Å². The van der Waals surface area contributed by atoms with E-state index in [0.717, 1.165) is 0 Å². The molecule has 0 aromatic rings. The van der Waals surface area contributed by atoms with Crippen molar-refractivity contribution in [1.82, 2.24) is 0 Å². The molecule has 0 bridgehead atoms. The number of aliphatic hydroxyl groups is 2. The summed E-state index contributed by atoms with van der Waals surface area (Å²) in [6.45, 7) is -0.843.